The van der Waals surface area contributed by atoms with Gasteiger partial charge < -0.3 is 5.32 Å². The van der Waals surface area contributed by atoms with Crippen LogP contribution in [0.15, 0.2) is 85.3 Å². The second-order valence-electron chi connectivity index (χ2n) is 6.63. The highest BCUT2D eigenvalue weighted by Gasteiger charge is 2.21. The van der Waals surface area contributed by atoms with Crippen LogP contribution in [0.2, 0.25) is 0 Å². The third kappa shape index (κ3) is 3.91. The summed E-state index contributed by atoms with van der Waals surface area (Å²) in [5, 5.41) is 7.49. The number of aromatic nitrogens is 3. The van der Waals surface area contributed by atoms with Crippen LogP contribution in [0.5, 0.6) is 0 Å². The summed E-state index contributed by atoms with van der Waals surface area (Å²) in [5.41, 5.74) is 2.90. The summed E-state index contributed by atoms with van der Waals surface area (Å²) in [6.07, 6.45) is 5.01. The molecule has 2 aromatic heterocycles. The summed E-state index contributed by atoms with van der Waals surface area (Å²) >= 11 is 0. The Morgan fingerprint density at radius 3 is 2.52 bits per heavy atom. The molecule has 1 amide bonds. The van der Waals surface area contributed by atoms with E-state index in [2.05, 4.69) is 15.4 Å². The highest BCUT2D eigenvalue weighted by atomic mass is 19.1. The van der Waals surface area contributed by atoms with E-state index in [0.717, 1.165) is 11.3 Å². The van der Waals surface area contributed by atoms with Crippen molar-refractivity contribution in [1.29, 1.82) is 0 Å². The fraction of sp³-hybridized carbons (Fsp3) is 0.0870. The zero-order chi connectivity index (χ0) is 20.2. The number of pyridine rings is 1. The first-order valence-corrected chi connectivity index (χ1v) is 9.24. The average molecular weight is 386 g/mol. The van der Waals surface area contributed by atoms with Crippen LogP contribution >= 0.6 is 0 Å². The molecule has 0 saturated heterocycles. The summed E-state index contributed by atoms with van der Waals surface area (Å²) in [7, 11) is 0. The Balaban J connectivity index is 1.71. The summed E-state index contributed by atoms with van der Waals surface area (Å²) in [6, 6.07) is 19.1. The van der Waals surface area contributed by atoms with E-state index < -0.39 is 6.04 Å². The summed E-state index contributed by atoms with van der Waals surface area (Å²) < 4.78 is 15.7. The lowest BCUT2D eigenvalue weighted by Crippen LogP contribution is -2.27. The van der Waals surface area contributed by atoms with Crippen molar-refractivity contribution >= 4 is 5.91 Å². The van der Waals surface area contributed by atoms with Crippen molar-refractivity contribution in [3.63, 3.8) is 0 Å². The molecule has 0 radical (unpaired) electrons. The number of carbonyl (C=O) groups excluding carboxylic acids is 1. The summed E-state index contributed by atoms with van der Waals surface area (Å²) in [4.78, 5) is 17.2. The monoisotopic (exact) mass is 386 g/mol. The SMILES string of the molecule is C[C@H](NC(=O)c1cn(-c2ccccc2)nc1-c1cccnc1)c1ccccc1F. The number of para-hydroxylation sites is 1. The second-order valence-corrected chi connectivity index (χ2v) is 6.63. The van der Waals surface area contributed by atoms with E-state index >= 15 is 0 Å². The minimum atomic E-state index is -0.495. The second kappa shape index (κ2) is 8.06. The van der Waals surface area contributed by atoms with Gasteiger partial charge in [0, 0.05) is 29.7 Å². The first kappa shape index (κ1) is 18.6. The highest BCUT2D eigenvalue weighted by molar-refractivity contribution is 6.00. The number of nitrogens with zero attached hydrogens (tertiary/aromatic N) is 3. The Morgan fingerprint density at radius 2 is 1.79 bits per heavy atom. The normalized spacial score (nSPS) is 11.8. The molecule has 0 aliphatic heterocycles. The van der Waals surface area contributed by atoms with E-state index in [1.807, 2.05) is 36.4 Å². The first-order valence-electron chi connectivity index (χ1n) is 9.24. The van der Waals surface area contributed by atoms with Gasteiger partial charge in [-0.2, -0.15) is 5.10 Å². The topological polar surface area (TPSA) is 59.8 Å². The molecule has 2 aromatic carbocycles. The third-order valence-corrected chi connectivity index (χ3v) is 4.63. The van der Waals surface area contributed by atoms with Gasteiger partial charge in [-0.15, -0.1) is 0 Å². The molecule has 6 heteroatoms. The number of amides is 1. The molecule has 0 spiro atoms. The van der Waals surface area contributed by atoms with Crippen molar-refractivity contribution in [2.75, 3.05) is 0 Å². The molecule has 5 nitrogen and oxygen atoms in total. The van der Waals surface area contributed by atoms with Crippen LogP contribution in [0.25, 0.3) is 16.9 Å². The molecule has 144 valence electrons. The van der Waals surface area contributed by atoms with Crippen molar-refractivity contribution < 1.29 is 9.18 Å². The van der Waals surface area contributed by atoms with Gasteiger partial charge in [0.25, 0.3) is 5.91 Å². The Labute approximate surface area is 167 Å². The van der Waals surface area contributed by atoms with Gasteiger partial charge in [0.15, 0.2) is 0 Å². The Hall–Kier alpha value is -3.80. The van der Waals surface area contributed by atoms with Crippen molar-refractivity contribution in [2.45, 2.75) is 13.0 Å². The number of rotatable bonds is 5. The van der Waals surface area contributed by atoms with Gasteiger partial charge >= 0.3 is 0 Å². The fourth-order valence-corrected chi connectivity index (χ4v) is 3.15. The number of benzene rings is 2. The maximum absolute atomic E-state index is 14.1. The maximum atomic E-state index is 14.1. The molecular weight excluding hydrogens is 367 g/mol. The molecule has 0 bridgehead atoms. The predicted octanol–water partition coefficient (Wildman–Crippen LogP) is 4.56. The van der Waals surface area contributed by atoms with Gasteiger partial charge in [0.05, 0.1) is 17.3 Å². The number of carbonyl (C=O) groups is 1. The molecule has 0 fully saturated rings. The van der Waals surface area contributed by atoms with Crippen LogP contribution in [-0.2, 0) is 0 Å². The standard InChI is InChI=1S/C23H19FN4O/c1-16(19-11-5-6-12-21(19)24)26-23(29)20-15-28(18-9-3-2-4-10-18)27-22(20)17-8-7-13-25-14-17/h2-16H,1H3,(H,26,29)/t16-/m0/s1. The molecule has 1 N–H and O–H groups in total. The summed E-state index contributed by atoms with van der Waals surface area (Å²) in [5.74, 6) is -0.686. The number of hydrogen-bond donors (Lipinski definition) is 1. The lowest BCUT2D eigenvalue weighted by molar-refractivity contribution is 0.0940. The minimum Gasteiger partial charge on any atom is -0.345 e. The van der Waals surface area contributed by atoms with Crippen molar-refractivity contribution in [2.24, 2.45) is 0 Å². The van der Waals surface area contributed by atoms with E-state index in [1.165, 1.54) is 6.07 Å². The van der Waals surface area contributed by atoms with E-state index in [9.17, 15) is 9.18 Å². The summed E-state index contributed by atoms with van der Waals surface area (Å²) in [6.45, 7) is 1.75. The van der Waals surface area contributed by atoms with Gasteiger partial charge in [-0.3, -0.25) is 9.78 Å². The molecule has 0 aliphatic rings. The van der Waals surface area contributed by atoms with Gasteiger partial charge in [-0.05, 0) is 37.3 Å². The van der Waals surface area contributed by atoms with Crippen LogP contribution in [0.4, 0.5) is 4.39 Å². The molecule has 0 aliphatic carbocycles. The molecule has 4 rings (SSSR count). The largest absolute Gasteiger partial charge is 0.345 e. The Kier molecular flexibility index (Phi) is 5.16. The van der Waals surface area contributed by atoms with Crippen molar-refractivity contribution in [3.8, 4) is 16.9 Å². The van der Waals surface area contributed by atoms with Crippen LogP contribution in [0.1, 0.15) is 28.9 Å². The average Bonchev–Trinajstić information content (AvgIpc) is 3.21. The molecular formula is C23H19FN4O. The van der Waals surface area contributed by atoms with Gasteiger partial charge in [-0.25, -0.2) is 9.07 Å². The van der Waals surface area contributed by atoms with Crippen LogP contribution < -0.4 is 5.32 Å². The fourth-order valence-electron chi connectivity index (χ4n) is 3.15. The minimum absolute atomic E-state index is 0.332. The van der Waals surface area contributed by atoms with Crippen LogP contribution in [0.3, 0.4) is 0 Å². The number of nitrogens with one attached hydrogen (secondary N) is 1. The van der Waals surface area contributed by atoms with Gasteiger partial charge in [0.2, 0.25) is 0 Å². The predicted molar refractivity (Wildman–Crippen MR) is 109 cm³/mol. The van der Waals surface area contributed by atoms with Crippen molar-refractivity contribution in [1.82, 2.24) is 20.1 Å². The molecule has 29 heavy (non-hydrogen) atoms. The molecule has 2 heterocycles. The zero-order valence-electron chi connectivity index (χ0n) is 15.8. The van der Waals surface area contributed by atoms with Crippen LogP contribution in [0, 0.1) is 5.82 Å². The van der Waals surface area contributed by atoms with Crippen LogP contribution in [-0.4, -0.2) is 20.7 Å². The van der Waals surface area contributed by atoms with E-state index in [1.54, 1.807) is 54.5 Å². The maximum Gasteiger partial charge on any atom is 0.255 e. The van der Waals surface area contributed by atoms with E-state index in [-0.39, 0.29) is 11.7 Å². The zero-order valence-corrected chi connectivity index (χ0v) is 15.8. The lowest BCUT2D eigenvalue weighted by atomic mass is 10.1. The smallest absolute Gasteiger partial charge is 0.255 e. The molecule has 4 aromatic rings. The van der Waals surface area contributed by atoms with E-state index in [4.69, 9.17) is 0 Å². The quantitative estimate of drug-likeness (QED) is 0.547. The Morgan fingerprint density at radius 1 is 1.03 bits per heavy atom. The number of hydrogen-bond acceptors (Lipinski definition) is 3. The lowest BCUT2D eigenvalue weighted by Gasteiger charge is -2.15. The third-order valence-electron chi connectivity index (χ3n) is 4.63. The van der Waals surface area contributed by atoms with Crippen molar-refractivity contribution in [3.05, 3.63) is 102 Å². The van der Waals surface area contributed by atoms with Gasteiger partial charge in [0.1, 0.15) is 11.5 Å². The highest BCUT2D eigenvalue weighted by Crippen LogP contribution is 2.24. The van der Waals surface area contributed by atoms with Gasteiger partial charge in [-0.1, -0.05) is 36.4 Å². The Bertz CT molecular complexity index is 1130. The molecule has 0 unspecified atom stereocenters. The first-order chi connectivity index (χ1) is 14.1. The van der Waals surface area contributed by atoms with E-state index in [0.29, 0.717) is 16.8 Å². The molecule has 1 atom stereocenters. The number of halogens is 1. The molecule has 0 saturated carbocycles.